The van der Waals surface area contributed by atoms with Crippen molar-refractivity contribution in [1.82, 2.24) is 4.31 Å². The van der Waals surface area contributed by atoms with Crippen molar-refractivity contribution in [3.63, 3.8) is 0 Å². The van der Waals surface area contributed by atoms with Crippen LogP contribution in [0, 0.1) is 0 Å². The lowest BCUT2D eigenvalue weighted by molar-refractivity contribution is 0.102. The highest BCUT2D eigenvalue weighted by Gasteiger charge is 2.29. The molecule has 0 aliphatic carbocycles. The number of carbonyl (C=O) groups excluding carboxylic acids is 1. The summed E-state index contributed by atoms with van der Waals surface area (Å²) in [7, 11) is -6.83. The van der Waals surface area contributed by atoms with E-state index in [2.05, 4.69) is 5.32 Å². The predicted molar refractivity (Wildman–Crippen MR) is 115 cm³/mol. The van der Waals surface area contributed by atoms with Crippen LogP contribution in [0.4, 0.5) is 11.4 Å². The third-order valence-electron chi connectivity index (χ3n) is 5.31. The molecule has 0 radical (unpaired) electrons. The molecule has 4 rings (SSSR count). The second kappa shape index (κ2) is 8.01. The Labute approximate surface area is 176 Å². The fourth-order valence-corrected chi connectivity index (χ4v) is 6.80. The second-order valence-electron chi connectivity index (χ2n) is 7.38. The number of hydrogen-bond acceptors (Lipinski definition) is 5. The fourth-order valence-electron chi connectivity index (χ4n) is 3.72. The van der Waals surface area contributed by atoms with Gasteiger partial charge >= 0.3 is 0 Å². The Morgan fingerprint density at radius 3 is 2.27 bits per heavy atom. The van der Waals surface area contributed by atoms with Gasteiger partial charge in [-0.3, -0.25) is 9.10 Å². The summed E-state index contributed by atoms with van der Waals surface area (Å²) >= 11 is 0. The molecule has 1 amide bonds. The molecular weight excluding hydrogens is 426 g/mol. The van der Waals surface area contributed by atoms with Crippen LogP contribution in [0.25, 0.3) is 0 Å². The predicted octanol–water partition coefficient (Wildman–Crippen LogP) is 2.26. The minimum atomic E-state index is -3.50. The molecule has 160 valence electrons. The highest BCUT2D eigenvalue weighted by atomic mass is 32.2. The Balaban J connectivity index is 1.49. The number of nitrogens with one attached hydrogen (secondary N) is 1. The van der Waals surface area contributed by atoms with Crippen molar-refractivity contribution in [2.45, 2.75) is 24.2 Å². The summed E-state index contributed by atoms with van der Waals surface area (Å²) in [4.78, 5) is 12.8. The standard InChI is InChI=1S/C20H23N3O5S2/c24-20(16-5-3-6-18(15-16)23-13-4-14-29(23,25)26)21-17-7-9-19(10-8-17)30(27,28)22-11-1-2-12-22/h3,5-10,15H,1-2,4,11-14H2,(H,21,24). The van der Waals surface area contributed by atoms with Gasteiger partial charge in [0.15, 0.2) is 0 Å². The van der Waals surface area contributed by atoms with Crippen molar-refractivity contribution in [3.8, 4) is 0 Å². The minimum Gasteiger partial charge on any atom is -0.322 e. The van der Waals surface area contributed by atoms with Gasteiger partial charge < -0.3 is 5.32 Å². The minimum absolute atomic E-state index is 0.107. The molecule has 2 aliphatic rings. The van der Waals surface area contributed by atoms with E-state index in [-0.39, 0.29) is 10.6 Å². The van der Waals surface area contributed by atoms with Gasteiger partial charge in [-0.15, -0.1) is 0 Å². The maximum Gasteiger partial charge on any atom is 0.255 e. The Hall–Kier alpha value is -2.43. The van der Waals surface area contributed by atoms with Crippen molar-refractivity contribution in [2.24, 2.45) is 0 Å². The zero-order valence-corrected chi connectivity index (χ0v) is 18.0. The Morgan fingerprint density at radius 1 is 0.933 bits per heavy atom. The van der Waals surface area contributed by atoms with E-state index in [1.54, 1.807) is 36.4 Å². The first-order chi connectivity index (χ1) is 14.3. The fraction of sp³-hybridized carbons (Fsp3) is 0.350. The summed E-state index contributed by atoms with van der Waals surface area (Å²) in [6, 6.07) is 12.5. The summed E-state index contributed by atoms with van der Waals surface area (Å²) in [6.45, 7) is 1.47. The highest BCUT2D eigenvalue weighted by molar-refractivity contribution is 7.93. The van der Waals surface area contributed by atoms with Gasteiger partial charge in [0.05, 0.1) is 16.3 Å². The molecule has 0 bridgehead atoms. The maximum absolute atomic E-state index is 12.6. The van der Waals surface area contributed by atoms with Crippen LogP contribution in [0.15, 0.2) is 53.4 Å². The zero-order valence-electron chi connectivity index (χ0n) is 16.3. The summed E-state index contributed by atoms with van der Waals surface area (Å²) < 4.78 is 52.2. The van der Waals surface area contributed by atoms with Crippen LogP contribution in [0.5, 0.6) is 0 Å². The van der Waals surface area contributed by atoms with Gasteiger partial charge in [-0.2, -0.15) is 4.31 Å². The lowest BCUT2D eigenvalue weighted by Crippen LogP contribution is -2.27. The molecule has 0 aromatic heterocycles. The van der Waals surface area contributed by atoms with Gasteiger partial charge in [0.2, 0.25) is 20.0 Å². The summed E-state index contributed by atoms with van der Waals surface area (Å²) in [5, 5.41) is 2.73. The molecule has 0 saturated carbocycles. The number of hydrogen-bond donors (Lipinski definition) is 1. The van der Waals surface area contributed by atoms with E-state index in [0.29, 0.717) is 43.0 Å². The van der Waals surface area contributed by atoms with Crippen LogP contribution >= 0.6 is 0 Å². The van der Waals surface area contributed by atoms with Gasteiger partial charge in [0.1, 0.15) is 0 Å². The van der Waals surface area contributed by atoms with Crippen molar-refractivity contribution in [3.05, 3.63) is 54.1 Å². The average molecular weight is 450 g/mol. The monoisotopic (exact) mass is 449 g/mol. The summed E-state index contributed by atoms with van der Waals surface area (Å²) in [6.07, 6.45) is 2.29. The van der Waals surface area contributed by atoms with E-state index in [1.165, 1.54) is 20.7 Å². The summed E-state index contributed by atoms with van der Waals surface area (Å²) in [5.41, 5.74) is 1.25. The van der Waals surface area contributed by atoms with E-state index in [9.17, 15) is 21.6 Å². The molecule has 2 aromatic carbocycles. The molecule has 30 heavy (non-hydrogen) atoms. The van der Waals surface area contributed by atoms with Crippen molar-refractivity contribution < 1.29 is 21.6 Å². The molecule has 10 heteroatoms. The SMILES string of the molecule is O=C(Nc1ccc(S(=O)(=O)N2CCCC2)cc1)c1cccc(N2CCCS2(=O)=O)c1. The van der Waals surface area contributed by atoms with E-state index in [4.69, 9.17) is 0 Å². The van der Waals surface area contributed by atoms with Gasteiger partial charge in [-0.1, -0.05) is 6.07 Å². The number of sulfonamides is 2. The largest absolute Gasteiger partial charge is 0.322 e. The first kappa shape index (κ1) is 20.8. The average Bonchev–Trinajstić information content (AvgIpc) is 3.38. The Morgan fingerprint density at radius 2 is 1.63 bits per heavy atom. The number of amides is 1. The van der Waals surface area contributed by atoms with E-state index in [0.717, 1.165) is 12.8 Å². The number of carbonyl (C=O) groups is 1. The van der Waals surface area contributed by atoms with Gasteiger partial charge in [-0.05, 0) is 61.7 Å². The van der Waals surface area contributed by atoms with Crippen LogP contribution in [0.3, 0.4) is 0 Å². The lowest BCUT2D eigenvalue weighted by Gasteiger charge is -2.17. The highest BCUT2D eigenvalue weighted by Crippen LogP contribution is 2.26. The number of rotatable bonds is 5. The van der Waals surface area contributed by atoms with Gasteiger partial charge in [0.25, 0.3) is 5.91 Å². The van der Waals surface area contributed by atoms with Crippen molar-refractivity contribution in [2.75, 3.05) is 35.0 Å². The number of benzene rings is 2. The summed E-state index contributed by atoms with van der Waals surface area (Å²) in [5.74, 6) is -0.292. The molecule has 2 aromatic rings. The molecular formula is C20H23N3O5S2. The molecule has 0 spiro atoms. The van der Waals surface area contributed by atoms with Crippen LogP contribution < -0.4 is 9.62 Å². The molecule has 1 N–H and O–H groups in total. The maximum atomic E-state index is 12.6. The van der Waals surface area contributed by atoms with E-state index < -0.39 is 26.0 Å². The van der Waals surface area contributed by atoms with Crippen LogP contribution in [-0.2, 0) is 20.0 Å². The molecule has 8 nitrogen and oxygen atoms in total. The van der Waals surface area contributed by atoms with Crippen molar-refractivity contribution >= 4 is 37.3 Å². The number of anilines is 2. The smallest absolute Gasteiger partial charge is 0.255 e. The molecule has 0 unspecified atom stereocenters. The zero-order chi connectivity index (χ0) is 21.4. The van der Waals surface area contributed by atoms with Crippen LogP contribution in [-0.4, -0.2) is 52.4 Å². The Kier molecular flexibility index (Phi) is 5.56. The first-order valence-corrected chi connectivity index (χ1v) is 12.8. The molecule has 2 heterocycles. The normalized spacial score (nSPS) is 19.1. The number of nitrogens with zero attached hydrogens (tertiary/aromatic N) is 2. The second-order valence-corrected chi connectivity index (χ2v) is 11.3. The molecule has 0 atom stereocenters. The van der Waals surface area contributed by atoms with Crippen LogP contribution in [0.1, 0.15) is 29.6 Å². The Bertz CT molecular complexity index is 1160. The van der Waals surface area contributed by atoms with Crippen molar-refractivity contribution in [1.29, 1.82) is 0 Å². The van der Waals surface area contributed by atoms with Crippen LogP contribution in [0.2, 0.25) is 0 Å². The third-order valence-corrected chi connectivity index (χ3v) is 9.09. The molecule has 2 aliphatic heterocycles. The van der Waals surface area contributed by atoms with Gasteiger partial charge in [0, 0.05) is 30.9 Å². The third kappa shape index (κ3) is 4.07. The molecule has 2 saturated heterocycles. The quantitative estimate of drug-likeness (QED) is 0.754. The first-order valence-electron chi connectivity index (χ1n) is 9.79. The van der Waals surface area contributed by atoms with E-state index >= 15 is 0 Å². The molecule has 2 fully saturated rings. The lowest BCUT2D eigenvalue weighted by atomic mass is 10.2. The topological polar surface area (TPSA) is 104 Å². The van der Waals surface area contributed by atoms with E-state index in [1.807, 2.05) is 0 Å². The van der Waals surface area contributed by atoms with Gasteiger partial charge in [-0.25, -0.2) is 16.8 Å².